The first kappa shape index (κ1) is 8.92. The van der Waals surface area contributed by atoms with Crippen molar-refractivity contribution < 1.29 is 9.84 Å². The Kier molecular flexibility index (Phi) is 3.82. The van der Waals surface area contributed by atoms with Crippen molar-refractivity contribution in [3.63, 3.8) is 0 Å². The Morgan fingerprint density at radius 1 is 1.22 bits per heavy atom. The predicted octanol–water partition coefficient (Wildman–Crippen LogP) is 1.04. The molecule has 0 saturated carbocycles. The van der Waals surface area contributed by atoms with E-state index in [2.05, 4.69) is 0 Å². The fraction of sp³-hybridized carbons (Fsp3) is 1.00. The molecule has 0 aromatic rings. The summed E-state index contributed by atoms with van der Waals surface area (Å²) in [5, 5.41) is 9.27. The maximum atomic E-state index is 9.27. The summed E-state index contributed by atoms with van der Waals surface area (Å²) >= 11 is 0. The second kappa shape index (κ2) is 3.85. The highest BCUT2D eigenvalue weighted by atomic mass is 16.5. The third-order valence-corrected chi connectivity index (χ3v) is 1.54. The molecule has 1 N–H and O–H groups in total. The molecule has 0 aliphatic rings. The monoisotopic (exact) mass is 132 g/mol. The highest BCUT2D eigenvalue weighted by Crippen LogP contribution is 2.07. The van der Waals surface area contributed by atoms with Crippen LogP contribution in [0.25, 0.3) is 0 Å². The summed E-state index contributed by atoms with van der Waals surface area (Å²) in [4.78, 5) is 0. The molecule has 2 heteroatoms. The highest BCUT2D eigenvalue weighted by Gasteiger charge is 2.16. The minimum Gasteiger partial charge on any atom is -0.390 e. The third-order valence-electron chi connectivity index (χ3n) is 1.54. The molecule has 0 aliphatic heterocycles. The fourth-order valence-corrected chi connectivity index (χ4v) is 0.681. The summed E-state index contributed by atoms with van der Waals surface area (Å²) in [7, 11) is 1.61. The first-order valence-corrected chi connectivity index (χ1v) is 3.30. The fourth-order valence-electron chi connectivity index (χ4n) is 0.681. The van der Waals surface area contributed by atoms with Crippen molar-refractivity contribution in [2.24, 2.45) is 5.92 Å². The molecule has 2 unspecified atom stereocenters. The van der Waals surface area contributed by atoms with Crippen LogP contribution in [0.2, 0.25) is 0 Å². The molecule has 0 bridgehead atoms. The molecule has 0 heterocycles. The molecule has 0 fully saturated rings. The van der Waals surface area contributed by atoms with Crippen molar-refractivity contribution >= 4 is 0 Å². The Morgan fingerprint density at radius 3 is 1.78 bits per heavy atom. The molecular weight excluding hydrogens is 116 g/mol. The Bertz CT molecular complexity index is 71.3. The molecule has 2 nitrogen and oxygen atoms in total. The summed E-state index contributed by atoms with van der Waals surface area (Å²) in [6, 6.07) is 0. The van der Waals surface area contributed by atoms with Crippen LogP contribution in [0.3, 0.4) is 0 Å². The maximum absolute atomic E-state index is 9.27. The average Bonchev–Trinajstić information content (AvgIpc) is 1.84. The lowest BCUT2D eigenvalue weighted by molar-refractivity contribution is -0.0235. The van der Waals surface area contributed by atoms with Crippen LogP contribution in [0.4, 0.5) is 0 Å². The highest BCUT2D eigenvalue weighted by molar-refractivity contribution is 4.66. The summed E-state index contributed by atoms with van der Waals surface area (Å²) in [5.74, 6) is 0.278. The van der Waals surface area contributed by atoms with E-state index in [1.54, 1.807) is 7.11 Å². The molecule has 0 amide bonds. The number of rotatable bonds is 3. The van der Waals surface area contributed by atoms with E-state index in [0.717, 1.165) is 0 Å². The molecule has 0 aliphatic carbocycles. The largest absolute Gasteiger partial charge is 0.390 e. The van der Waals surface area contributed by atoms with E-state index in [9.17, 15) is 5.11 Å². The van der Waals surface area contributed by atoms with Gasteiger partial charge < -0.3 is 9.84 Å². The Hall–Kier alpha value is -0.0800. The lowest BCUT2D eigenvalue weighted by Gasteiger charge is -2.20. The zero-order valence-corrected chi connectivity index (χ0v) is 6.59. The molecule has 56 valence electrons. The minimum atomic E-state index is -0.338. The molecular formula is C7H16O2. The summed E-state index contributed by atoms with van der Waals surface area (Å²) in [5.41, 5.74) is 0. The molecule has 0 aromatic heterocycles. The van der Waals surface area contributed by atoms with Gasteiger partial charge in [-0.05, 0) is 12.8 Å². The molecule has 9 heavy (non-hydrogen) atoms. The van der Waals surface area contributed by atoms with Crippen molar-refractivity contribution in [1.29, 1.82) is 0 Å². The number of aliphatic hydroxyl groups is 1. The van der Waals surface area contributed by atoms with Gasteiger partial charge in [-0.2, -0.15) is 0 Å². The van der Waals surface area contributed by atoms with E-state index >= 15 is 0 Å². The van der Waals surface area contributed by atoms with Crippen molar-refractivity contribution in [2.75, 3.05) is 7.11 Å². The van der Waals surface area contributed by atoms with Crippen LogP contribution in [0, 0.1) is 5.92 Å². The van der Waals surface area contributed by atoms with E-state index in [0.29, 0.717) is 0 Å². The normalized spacial score (nSPS) is 18.0. The van der Waals surface area contributed by atoms with Crippen molar-refractivity contribution in [2.45, 2.75) is 33.0 Å². The van der Waals surface area contributed by atoms with Crippen LogP contribution in [0.15, 0.2) is 0 Å². The van der Waals surface area contributed by atoms with Gasteiger partial charge in [0.05, 0.1) is 12.2 Å². The van der Waals surface area contributed by atoms with Gasteiger partial charge in [-0.25, -0.2) is 0 Å². The SMILES string of the molecule is COC(C)C(O)C(C)C. The standard InChI is InChI=1S/C7H16O2/c1-5(2)7(8)6(3)9-4/h5-8H,1-4H3. The molecule has 0 radical (unpaired) electrons. The van der Waals surface area contributed by atoms with Crippen LogP contribution >= 0.6 is 0 Å². The van der Waals surface area contributed by atoms with Gasteiger partial charge >= 0.3 is 0 Å². The topological polar surface area (TPSA) is 29.5 Å². The maximum Gasteiger partial charge on any atom is 0.0821 e. The van der Waals surface area contributed by atoms with Gasteiger partial charge in [0.2, 0.25) is 0 Å². The quantitative estimate of drug-likeness (QED) is 0.621. The van der Waals surface area contributed by atoms with E-state index < -0.39 is 0 Å². The van der Waals surface area contributed by atoms with Crippen LogP contribution < -0.4 is 0 Å². The summed E-state index contributed by atoms with van der Waals surface area (Å²) < 4.78 is 4.92. The van der Waals surface area contributed by atoms with Gasteiger partial charge in [0.1, 0.15) is 0 Å². The van der Waals surface area contributed by atoms with Crippen LogP contribution in [-0.4, -0.2) is 24.4 Å². The average molecular weight is 132 g/mol. The van der Waals surface area contributed by atoms with E-state index in [1.807, 2.05) is 20.8 Å². The van der Waals surface area contributed by atoms with Gasteiger partial charge in [-0.1, -0.05) is 13.8 Å². The van der Waals surface area contributed by atoms with Crippen LogP contribution in [0.5, 0.6) is 0 Å². The Morgan fingerprint density at radius 2 is 1.67 bits per heavy atom. The zero-order valence-electron chi connectivity index (χ0n) is 6.59. The first-order chi connectivity index (χ1) is 4.09. The molecule has 0 aromatic carbocycles. The first-order valence-electron chi connectivity index (χ1n) is 3.30. The summed E-state index contributed by atoms with van der Waals surface area (Å²) in [6.45, 7) is 5.81. The molecule has 0 spiro atoms. The van der Waals surface area contributed by atoms with Gasteiger partial charge in [0, 0.05) is 7.11 Å². The minimum absolute atomic E-state index is 0.0509. The zero-order chi connectivity index (χ0) is 7.44. The summed E-state index contributed by atoms with van der Waals surface area (Å²) in [6.07, 6.45) is -0.389. The molecule has 0 rings (SSSR count). The van der Waals surface area contributed by atoms with Crippen molar-refractivity contribution in [1.82, 2.24) is 0 Å². The lowest BCUT2D eigenvalue weighted by Crippen LogP contribution is -2.29. The smallest absolute Gasteiger partial charge is 0.0821 e. The van der Waals surface area contributed by atoms with Gasteiger partial charge in [0.15, 0.2) is 0 Å². The lowest BCUT2D eigenvalue weighted by atomic mass is 10.0. The van der Waals surface area contributed by atoms with E-state index in [4.69, 9.17) is 4.74 Å². The van der Waals surface area contributed by atoms with Gasteiger partial charge in [0.25, 0.3) is 0 Å². The third kappa shape index (κ3) is 2.82. The Labute approximate surface area is 56.8 Å². The van der Waals surface area contributed by atoms with E-state index in [-0.39, 0.29) is 18.1 Å². The van der Waals surface area contributed by atoms with Gasteiger partial charge in [-0.3, -0.25) is 0 Å². The molecule has 0 saturated heterocycles. The number of hydrogen-bond donors (Lipinski definition) is 1. The van der Waals surface area contributed by atoms with Crippen LogP contribution in [-0.2, 0) is 4.74 Å². The number of hydrogen-bond acceptors (Lipinski definition) is 2. The van der Waals surface area contributed by atoms with Crippen LogP contribution in [0.1, 0.15) is 20.8 Å². The van der Waals surface area contributed by atoms with Crippen molar-refractivity contribution in [3.05, 3.63) is 0 Å². The second-order valence-electron chi connectivity index (χ2n) is 2.68. The molecule has 2 atom stereocenters. The van der Waals surface area contributed by atoms with E-state index in [1.165, 1.54) is 0 Å². The van der Waals surface area contributed by atoms with Gasteiger partial charge in [-0.15, -0.1) is 0 Å². The number of ether oxygens (including phenoxy) is 1. The number of aliphatic hydroxyl groups excluding tert-OH is 1. The predicted molar refractivity (Wildman–Crippen MR) is 37.3 cm³/mol. The number of methoxy groups -OCH3 is 1. The second-order valence-corrected chi connectivity index (χ2v) is 2.68. The van der Waals surface area contributed by atoms with Crippen molar-refractivity contribution in [3.8, 4) is 0 Å². The Balaban J connectivity index is 3.58.